The van der Waals surface area contributed by atoms with Crippen molar-refractivity contribution in [1.82, 2.24) is 20.0 Å². The van der Waals surface area contributed by atoms with Crippen molar-refractivity contribution in [3.05, 3.63) is 48.2 Å². The van der Waals surface area contributed by atoms with Crippen molar-refractivity contribution in [3.8, 4) is 22.8 Å². The minimum absolute atomic E-state index is 0.506. The molecule has 0 saturated carbocycles. The van der Waals surface area contributed by atoms with E-state index >= 15 is 0 Å². The Kier molecular flexibility index (Phi) is 3.27. The number of aromatic nitrogens is 4. The molecule has 3 aromatic rings. The number of nitrogens with zero attached hydrogens (tertiary/aromatic N) is 4. The van der Waals surface area contributed by atoms with Crippen molar-refractivity contribution in [2.75, 3.05) is 12.8 Å². The van der Waals surface area contributed by atoms with Crippen LogP contribution in [-0.4, -0.2) is 27.1 Å². The molecular formula is C15H15N5O. The first-order chi connectivity index (χ1) is 10.2. The highest BCUT2D eigenvalue weighted by molar-refractivity contribution is 5.64. The second kappa shape index (κ2) is 5.24. The fourth-order valence-corrected chi connectivity index (χ4v) is 2.01. The number of nitrogen functional groups attached to an aromatic ring is 1. The first-order valence-electron chi connectivity index (χ1n) is 6.48. The summed E-state index contributed by atoms with van der Waals surface area (Å²) in [6.45, 7) is 1.88. The number of aryl methyl sites for hydroxylation is 1. The lowest BCUT2D eigenvalue weighted by molar-refractivity contribution is 0.415. The van der Waals surface area contributed by atoms with Gasteiger partial charge in [-0.05, 0) is 31.2 Å². The number of benzene rings is 1. The van der Waals surface area contributed by atoms with Gasteiger partial charge < -0.3 is 10.5 Å². The summed E-state index contributed by atoms with van der Waals surface area (Å²) >= 11 is 0. The number of hydrogen-bond donors (Lipinski definition) is 1. The third-order valence-electron chi connectivity index (χ3n) is 3.10. The van der Waals surface area contributed by atoms with Crippen molar-refractivity contribution >= 4 is 5.82 Å². The Hall–Kier alpha value is -2.89. The monoisotopic (exact) mass is 281 g/mol. The van der Waals surface area contributed by atoms with Crippen LogP contribution in [0.2, 0.25) is 0 Å². The molecule has 2 heterocycles. The minimum Gasteiger partial charge on any atom is -0.497 e. The molecule has 0 radical (unpaired) electrons. The molecule has 106 valence electrons. The largest absolute Gasteiger partial charge is 0.497 e. The molecule has 0 unspecified atom stereocenters. The summed E-state index contributed by atoms with van der Waals surface area (Å²) in [5.74, 6) is 1.87. The summed E-state index contributed by atoms with van der Waals surface area (Å²) < 4.78 is 6.79. The lowest BCUT2D eigenvalue weighted by Crippen LogP contribution is -2.05. The molecule has 6 nitrogen and oxygen atoms in total. The van der Waals surface area contributed by atoms with Crippen molar-refractivity contribution in [3.63, 3.8) is 0 Å². The van der Waals surface area contributed by atoms with Crippen LogP contribution in [0.5, 0.6) is 5.75 Å². The molecule has 21 heavy (non-hydrogen) atoms. The molecule has 2 aromatic heterocycles. The first kappa shape index (κ1) is 13.1. The maximum Gasteiger partial charge on any atom is 0.178 e. The Morgan fingerprint density at radius 1 is 1.10 bits per heavy atom. The number of hydrogen-bond acceptors (Lipinski definition) is 5. The topological polar surface area (TPSA) is 78.9 Å². The second-order valence-electron chi connectivity index (χ2n) is 4.63. The fourth-order valence-electron chi connectivity index (χ4n) is 2.01. The van der Waals surface area contributed by atoms with E-state index in [-0.39, 0.29) is 0 Å². The lowest BCUT2D eigenvalue weighted by Gasteiger charge is -2.02. The quantitative estimate of drug-likeness (QED) is 0.796. The Bertz CT molecular complexity index is 764. The van der Waals surface area contributed by atoms with E-state index in [1.54, 1.807) is 17.9 Å². The van der Waals surface area contributed by atoms with Crippen LogP contribution in [0.4, 0.5) is 5.82 Å². The maximum atomic E-state index is 6.02. The zero-order valence-electron chi connectivity index (χ0n) is 11.8. The Morgan fingerprint density at radius 2 is 1.95 bits per heavy atom. The van der Waals surface area contributed by atoms with Crippen LogP contribution in [0.25, 0.3) is 17.1 Å². The van der Waals surface area contributed by atoms with Gasteiger partial charge in [0, 0.05) is 11.6 Å². The summed E-state index contributed by atoms with van der Waals surface area (Å²) in [6, 6.07) is 13.2. The van der Waals surface area contributed by atoms with Gasteiger partial charge in [0.05, 0.1) is 18.5 Å². The van der Waals surface area contributed by atoms with Gasteiger partial charge in [-0.1, -0.05) is 12.1 Å². The van der Waals surface area contributed by atoms with Crippen LogP contribution >= 0.6 is 0 Å². The van der Waals surface area contributed by atoms with Crippen LogP contribution < -0.4 is 10.5 Å². The summed E-state index contributed by atoms with van der Waals surface area (Å²) in [7, 11) is 1.63. The van der Waals surface area contributed by atoms with Gasteiger partial charge in [-0.25, -0.2) is 0 Å². The van der Waals surface area contributed by atoms with Crippen LogP contribution in [0.15, 0.2) is 42.5 Å². The minimum atomic E-state index is 0.506. The molecule has 6 heteroatoms. The molecular weight excluding hydrogens is 266 g/mol. The zero-order valence-corrected chi connectivity index (χ0v) is 11.8. The van der Waals surface area contributed by atoms with E-state index in [1.165, 1.54) is 0 Å². The van der Waals surface area contributed by atoms with Crippen LogP contribution in [0.3, 0.4) is 0 Å². The molecule has 0 aliphatic carbocycles. The van der Waals surface area contributed by atoms with E-state index in [4.69, 9.17) is 10.5 Å². The SMILES string of the molecule is COc1cccc(-c2cc(N)n(-c3ccc(C)nn3)n2)c1. The maximum absolute atomic E-state index is 6.02. The number of anilines is 1. The Balaban J connectivity index is 2.02. The van der Waals surface area contributed by atoms with Gasteiger partial charge in [-0.2, -0.15) is 14.9 Å². The molecule has 2 N–H and O–H groups in total. The number of rotatable bonds is 3. The average Bonchev–Trinajstić information content (AvgIpc) is 2.90. The third-order valence-corrected chi connectivity index (χ3v) is 3.10. The standard InChI is InChI=1S/C15H15N5O/c1-10-6-7-15(18-17-10)20-14(16)9-13(19-20)11-4-3-5-12(8-11)21-2/h3-9H,16H2,1-2H3. The summed E-state index contributed by atoms with van der Waals surface area (Å²) in [5.41, 5.74) is 8.55. The smallest absolute Gasteiger partial charge is 0.178 e. The molecule has 0 aliphatic heterocycles. The second-order valence-corrected chi connectivity index (χ2v) is 4.63. The van der Waals surface area contributed by atoms with E-state index < -0.39 is 0 Å². The van der Waals surface area contributed by atoms with E-state index in [1.807, 2.05) is 43.3 Å². The van der Waals surface area contributed by atoms with Gasteiger partial charge in [0.1, 0.15) is 11.6 Å². The number of nitrogens with two attached hydrogens (primary N) is 1. The summed E-state index contributed by atoms with van der Waals surface area (Å²) in [5, 5.41) is 12.6. The van der Waals surface area contributed by atoms with Gasteiger partial charge in [0.15, 0.2) is 5.82 Å². The van der Waals surface area contributed by atoms with Gasteiger partial charge in [0.25, 0.3) is 0 Å². The highest BCUT2D eigenvalue weighted by atomic mass is 16.5. The van der Waals surface area contributed by atoms with Crippen molar-refractivity contribution in [2.24, 2.45) is 0 Å². The van der Waals surface area contributed by atoms with E-state index in [0.29, 0.717) is 11.6 Å². The van der Waals surface area contributed by atoms with Gasteiger partial charge in [0.2, 0.25) is 0 Å². The van der Waals surface area contributed by atoms with Gasteiger partial charge in [-0.3, -0.25) is 0 Å². The van der Waals surface area contributed by atoms with Crippen LogP contribution in [0.1, 0.15) is 5.69 Å². The third kappa shape index (κ3) is 2.55. The van der Waals surface area contributed by atoms with E-state index in [9.17, 15) is 0 Å². The summed E-state index contributed by atoms with van der Waals surface area (Å²) in [4.78, 5) is 0. The molecule has 1 aromatic carbocycles. The number of methoxy groups -OCH3 is 1. The molecule has 0 spiro atoms. The lowest BCUT2D eigenvalue weighted by atomic mass is 10.1. The van der Waals surface area contributed by atoms with Gasteiger partial charge in [-0.15, -0.1) is 5.10 Å². The van der Waals surface area contributed by atoms with Crippen LogP contribution in [0, 0.1) is 6.92 Å². The Morgan fingerprint density at radius 3 is 2.67 bits per heavy atom. The first-order valence-corrected chi connectivity index (χ1v) is 6.48. The zero-order chi connectivity index (χ0) is 14.8. The highest BCUT2D eigenvalue weighted by Crippen LogP contribution is 2.25. The molecule has 0 saturated heterocycles. The number of ether oxygens (including phenoxy) is 1. The summed E-state index contributed by atoms with van der Waals surface area (Å²) in [6.07, 6.45) is 0. The predicted molar refractivity (Wildman–Crippen MR) is 80.3 cm³/mol. The molecule has 0 fully saturated rings. The Labute approximate surface area is 122 Å². The van der Waals surface area contributed by atoms with Crippen LogP contribution in [-0.2, 0) is 0 Å². The van der Waals surface area contributed by atoms with Crippen molar-refractivity contribution in [2.45, 2.75) is 6.92 Å². The fraction of sp³-hybridized carbons (Fsp3) is 0.133. The van der Waals surface area contributed by atoms with E-state index in [2.05, 4.69) is 15.3 Å². The van der Waals surface area contributed by atoms with E-state index in [0.717, 1.165) is 22.7 Å². The van der Waals surface area contributed by atoms with Crippen molar-refractivity contribution < 1.29 is 4.74 Å². The normalized spacial score (nSPS) is 10.6. The molecule has 3 rings (SSSR count). The highest BCUT2D eigenvalue weighted by Gasteiger charge is 2.10. The molecule has 0 bridgehead atoms. The molecule has 0 aliphatic rings. The average molecular weight is 281 g/mol. The van der Waals surface area contributed by atoms with Crippen molar-refractivity contribution in [1.29, 1.82) is 0 Å². The molecule has 0 amide bonds. The predicted octanol–water partition coefficient (Wildman–Crippen LogP) is 2.23. The van der Waals surface area contributed by atoms with Gasteiger partial charge >= 0.3 is 0 Å². The molecule has 0 atom stereocenters.